The number of aliphatic carboxylic acids is 1. The predicted molar refractivity (Wildman–Crippen MR) is 201 cm³/mol. The number of hydrogen-bond donors (Lipinski definition) is 8. The fourth-order valence-corrected chi connectivity index (χ4v) is 6.04. The number of pyridine rings is 1. The Labute approximate surface area is 311 Å². The van der Waals surface area contributed by atoms with E-state index in [1.165, 1.54) is 47.6 Å². The molecule has 0 fully saturated rings. The van der Waals surface area contributed by atoms with Crippen molar-refractivity contribution in [2.75, 3.05) is 57.1 Å². The maximum Gasteiger partial charge on any atom is 0.305 e. The van der Waals surface area contributed by atoms with Crippen molar-refractivity contribution in [3.05, 3.63) is 83.0 Å². The number of hydrazone groups is 1. The number of likely N-dealkylation sites (N-methyl/N-ethyl adjacent to an activating group) is 1. The number of guanidine groups is 1. The van der Waals surface area contributed by atoms with E-state index in [-0.39, 0.29) is 53.3 Å². The normalized spacial score (nSPS) is 14.1. The van der Waals surface area contributed by atoms with Gasteiger partial charge in [0.1, 0.15) is 16.8 Å². The molecule has 10 N–H and O–H groups in total. The molecule has 2 aromatic carbocycles. The van der Waals surface area contributed by atoms with Crippen molar-refractivity contribution in [3.8, 4) is 0 Å². The average molecular weight is 766 g/mol. The molecule has 1 aliphatic heterocycles. The van der Waals surface area contributed by atoms with E-state index in [0.29, 0.717) is 49.4 Å². The van der Waals surface area contributed by atoms with Gasteiger partial charge in [0.25, 0.3) is 21.9 Å². The number of nitrogens with one attached hydrogen (secondary N) is 4. The summed E-state index contributed by atoms with van der Waals surface area (Å²) in [6, 6.07) is 12.7. The molecule has 0 spiro atoms. The largest absolute Gasteiger partial charge is 0.481 e. The molecule has 19 nitrogen and oxygen atoms in total. The Hall–Kier alpha value is -6.12. The van der Waals surface area contributed by atoms with Gasteiger partial charge < -0.3 is 42.3 Å². The van der Waals surface area contributed by atoms with E-state index in [2.05, 4.69) is 36.5 Å². The number of benzene rings is 2. The van der Waals surface area contributed by atoms with E-state index in [4.69, 9.17) is 11.5 Å². The van der Waals surface area contributed by atoms with E-state index in [0.717, 1.165) is 0 Å². The summed E-state index contributed by atoms with van der Waals surface area (Å²) in [5.74, 6) is -1.96. The first-order valence-electron chi connectivity index (χ1n) is 16.7. The number of carboxylic acid groups (broad SMARTS) is 1. The third kappa shape index (κ3) is 12.0. The molecule has 0 bridgehead atoms. The van der Waals surface area contributed by atoms with Crippen molar-refractivity contribution in [3.63, 3.8) is 0 Å². The van der Waals surface area contributed by atoms with Crippen LogP contribution in [0.1, 0.15) is 44.7 Å². The highest BCUT2D eigenvalue weighted by molar-refractivity contribution is 7.86. The van der Waals surface area contributed by atoms with Crippen LogP contribution in [0.3, 0.4) is 0 Å². The predicted octanol–water partition coefficient (Wildman–Crippen LogP) is 0.127. The number of carbonyl (C=O) groups is 4. The molecule has 0 saturated carbocycles. The molecule has 3 aromatic rings. The Morgan fingerprint density at radius 2 is 1.85 bits per heavy atom. The molecule has 54 heavy (non-hydrogen) atoms. The van der Waals surface area contributed by atoms with Gasteiger partial charge in [-0.1, -0.05) is 18.2 Å². The van der Waals surface area contributed by atoms with Gasteiger partial charge in [-0.2, -0.15) is 13.5 Å². The van der Waals surface area contributed by atoms with Crippen molar-refractivity contribution in [2.24, 2.45) is 21.6 Å². The highest BCUT2D eigenvalue weighted by Crippen LogP contribution is 2.26. The number of carboxylic acids is 1. The zero-order valence-electron chi connectivity index (χ0n) is 29.4. The number of carbonyl (C=O) groups excluding carboxylic acids is 3. The summed E-state index contributed by atoms with van der Waals surface area (Å²) in [4.78, 5) is 61.9. The molecule has 0 radical (unpaired) electrons. The molecule has 1 unspecified atom stereocenters. The second kappa shape index (κ2) is 19.1. The molecule has 288 valence electrons. The topological polar surface area (TPSA) is 287 Å². The monoisotopic (exact) mass is 765 g/mol. The van der Waals surface area contributed by atoms with Crippen molar-refractivity contribution < 1.29 is 37.3 Å². The number of aliphatic imine (C=N–C) groups is 1. The minimum Gasteiger partial charge on any atom is -0.481 e. The van der Waals surface area contributed by atoms with E-state index >= 15 is 0 Å². The number of amides is 3. The van der Waals surface area contributed by atoms with E-state index < -0.39 is 40.4 Å². The van der Waals surface area contributed by atoms with Gasteiger partial charge in [0, 0.05) is 69.3 Å². The molecule has 1 atom stereocenters. The van der Waals surface area contributed by atoms with Gasteiger partial charge in [-0.25, -0.2) is 4.98 Å². The third-order valence-electron chi connectivity index (χ3n) is 8.08. The SMILES string of the molecule is CN(CCNCCN=C(N)N)C(=O)c1ccc2c(c1)CN(CCCNC(=O)c1ccc(N/N=C/c3ccccc3S(=O)(=O)O)nc1)C(=O)C(CC(=O)O)N2. The van der Waals surface area contributed by atoms with E-state index in [1.54, 1.807) is 36.2 Å². The lowest BCUT2D eigenvalue weighted by Gasteiger charge is -2.24. The van der Waals surface area contributed by atoms with Gasteiger partial charge in [-0.15, -0.1) is 0 Å². The molecule has 2 heterocycles. The van der Waals surface area contributed by atoms with Crippen molar-refractivity contribution in [1.29, 1.82) is 0 Å². The van der Waals surface area contributed by atoms with Gasteiger partial charge in [0.05, 0.1) is 24.7 Å². The number of nitrogens with zero attached hydrogens (tertiary/aromatic N) is 5. The molecule has 3 amide bonds. The Morgan fingerprint density at radius 1 is 1.09 bits per heavy atom. The first-order chi connectivity index (χ1) is 25.7. The van der Waals surface area contributed by atoms with Crippen molar-refractivity contribution in [2.45, 2.75) is 30.3 Å². The molecule has 0 aliphatic carbocycles. The van der Waals surface area contributed by atoms with Gasteiger partial charge in [-0.05, 0) is 48.4 Å². The average Bonchev–Trinajstić information content (AvgIpc) is 3.25. The second-order valence-electron chi connectivity index (χ2n) is 12.1. The summed E-state index contributed by atoms with van der Waals surface area (Å²) in [5.41, 5.74) is 15.3. The summed E-state index contributed by atoms with van der Waals surface area (Å²) >= 11 is 0. The van der Waals surface area contributed by atoms with Crippen LogP contribution in [0.5, 0.6) is 0 Å². The molecular weight excluding hydrogens is 723 g/mol. The quantitative estimate of drug-likeness (QED) is 0.0281. The zero-order chi connectivity index (χ0) is 39.3. The Morgan fingerprint density at radius 3 is 2.56 bits per heavy atom. The van der Waals surface area contributed by atoms with Crippen LogP contribution in [-0.4, -0.2) is 121 Å². The Bertz CT molecular complexity index is 1990. The summed E-state index contributed by atoms with van der Waals surface area (Å²) < 4.78 is 32.5. The van der Waals surface area contributed by atoms with Gasteiger partial charge in [0.2, 0.25) is 5.91 Å². The van der Waals surface area contributed by atoms with Crippen LogP contribution < -0.4 is 32.8 Å². The highest BCUT2D eigenvalue weighted by atomic mass is 32.2. The molecule has 1 aliphatic rings. The minimum absolute atomic E-state index is 0.00599. The van der Waals surface area contributed by atoms with Crippen LogP contribution in [0.25, 0.3) is 0 Å². The molecular formula is C34H43N11O8S. The van der Waals surface area contributed by atoms with E-state index in [9.17, 15) is 37.3 Å². The molecule has 0 saturated heterocycles. The van der Waals surface area contributed by atoms with Crippen LogP contribution in [0.2, 0.25) is 0 Å². The lowest BCUT2D eigenvalue weighted by molar-refractivity contribution is -0.141. The number of hydrogen-bond acceptors (Lipinski definition) is 12. The van der Waals surface area contributed by atoms with Crippen LogP contribution in [0, 0.1) is 0 Å². The number of fused-ring (bicyclic) bond motifs is 1. The number of aromatic nitrogens is 1. The van der Waals surface area contributed by atoms with Gasteiger partial charge in [0.15, 0.2) is 5.96 Å². The fourth-order valence-electron chi connectivity index (χ4n) is 5.37. The summed E-state index contributed by atoms with van der Waals surface area (Å²) in [6.07, 6.45) is 2.42. The lowest BCUT2D eigenvalue weighted by Crippen LogP contribution is -2.42. The van der Waals surface area contributed by atoms with Gasteiger partial charge in [-0.3, -0.25) is 34.1 Å². The molecule has 1 aromatic heterocycles. The maximum atomic E-state index is 13.5. The minimum atomic E-state index is -4.44. The second-order valence-corrected chi connectivity index (χ2v) is 13.5. The van der Waals surface area contributed by atoms with Crippen LogP contribution in [0.15, 0.2) is 75.8 Å². The molecule has 20 heteroatoms. The van der Waals surface area contributed by atoms with Crippen LogP contribution in [-0.2, 0) is 26.3 Å². The summed E-state index contributed by atoms with van der Waals surface area (Å²) in [7, 11) is -2.77. The molecule has 4 rings (SSSR count). The van der Waals surface area contributed by atoms with Crippen molar-refractivity contribution >= 4 is 57.5 Å². The van der Waals surface area contributed by atoms with E-state index in [1.807, 2.05) is 0 Å². The van der Waals surface area contributed by atoms with Crippen LogP contribution >= 0.6 is 0 Å². The number of rotatable bonds is 18. The van der Waals surface area contributed by atoms with Crippen LogP contribution in [0.4, 0.5) is 11.5 Å². The lowest BCUT2D eigenvalue weighted by atomic mass is 10.1. The summed E-state index contributed by atoms with van der Waals surface area (Å²) in [6.45, 7) is 2.37. The number of anilines is 2. The smallest absolute Gasteiger partial charge is 0.305 e. The highest BCUT2D eigenvalue weighted by Gasteiger charge is 2.31. The van der Waals surface area contributed by atoms with Crippen molar-refractivity contribution in [1.82, 2.24) is 25.4 Å². The summed E-state index contributed by atoms with van der Waals surface area (Å²) in [5, 5.41) is 22.4. The Balaban J connectivity index is 1.32. The standard InChI is InChI=1S/C34H43N11O8S/c1-44(16-14-37-12-13-39-34(35)36)32(49)22-7-9-26-25(17-22)21-45(33(50)27(42-26)18-30(46)47)15-4-11-38-31(48)24-8-10-29(40-19-24)43-41-20-23-5-2-3-6-28(23)54(51,52)53/h2-3,5-10,17,19-20,27,37,42H,4,11-16,18,21H2,1H3,(H,38,48)(H,40,43)(H,46,47)(H4,35,36,39)(H,51,52,53)/b41-20+. The first kappa shape index (κ1) is 40.6. The maximum absolute atomic E-state index is 13.5. The van der Waals surface area contributed by atoms with Gasteiger partial charge >= 0.3 is 5.97 Å². The first-order valence-corrected chi connectivity index (χ1v) is 18.2. The fraction of sp³-hybridized carbons (Fsp3) is 0.324. The number of nitrogens with two attached hydrogens (primary N) is 2. The Kier molecular flexibility index (Phi) is 14.4. The third-order valence-corrected chi connectivity index (χ3v) is 9.01. The zero-order valence-corrected chi connectivity index (χ0v) is 30.3.